The van der Waals surface area contributed by atoms with E-state index in [9.17, 15) is 9.59 Å². The number of carboxylic acids is 1. The van der Waals surface area contributed by atoms with Gasteiger partial charge in [-0.25, -0.2) is 0 Å². The van der Waals surface area contributed by atoms with Crippen molar-refractivity contribution in [3.63, 3.8) is 0 Å². The molecule has 2 rings (SSSR count). The lowest BCUT2D eigenvalue weighted by Crippen LogP contribution is -2.54. The number of hydrogen-bond donors (Lipinski definition) is 2. The van der Waals surface area contributed by atoms with Gasteiger partial charge in [-0.15, -0.1) is 11.3 Å². The highest BCUT2D eigenvalue weighted by Gasteiger charge is 2.40. The van der Waals surface area contributed by atoms with Gasteiger partial charge >= 0.3 is 5.97 Å². The zero-order valence-electron chi connectivity index (χ0n) is 11.3. The van der Waals surface area contributed by atoms with E-state index in [-0.39, 0.29) is 12.3 Å². The minimum absolute atomic E-state index is 0.0176. The maximum absolute atomic E-state index is 12.2. The van der Waals surface area contributed by atoms with Crippen molar-refractivity contribution in [1.29, 1.82) is 0 Å². The van der Waals surface area contributed by atoms with Gasteiger partial charge in [-0.2, -0.15) is 0 Å². The summed E-state index contributed by atoms with van der Waals surface area (Å²) >= 11 is 1.50. The first-order valence-corrected chi connectivity index (χ1v) is 7.41. The van der Waals surface area contributed by atoms with Crippen molar-refractivity contribution in [1.82, 2.24) is 5.32 Å². The van der Waals surface area contributed by atoms with Crippen molar-refractivity contribution in [2.24, 2.45) is 0 Å². The van der Waals surface area contributed by atoms with Gasteiger partial charge in [-0.1, -0.05) is 6.92 Å². The molecule has 1 aliphatic carbocycles. The predicted octanol–water partition coefficient (Wildman–Crippen LogP) is 2.75. The summed E-state index contributed by atoms with van der Waals surface area (Å²) in [6.07, 6.45) is 3.44. The minimum Gasteiger partial charge on any atom is -0.481 e. The van der Waals surface area contributed by atoms with Crippen molar-refractivity contribution in [2.75, 3.05) is 0 Å². The summed E-state index contributed by atoms with van der Waals surface area (Å²) in [4.78, 5) is 25.0. The van der Waals surface area contributed by atoms with E-state index in [0.717, 1.165) is 31.2 Å². The van der Waals surface area contributed by atoms with Gasteiger partial charge in [-0.05, 0) is 44.2 Å². The summed E-state index contributed by atoms with van der Waals surface area (Å²) in [5.74, 6) is -0.981. The Bertz CT molecular complexity index is 503. The number of carbonyl (C=O) groups excluding carboxylic acids is 1. The van der Waals surface area contributed by atoms with Crippen molar-refractivity contribution in [3.8, 4) is 0 Å². The van der Waals surface area contributed by atoms with Crippen LogP contribution in [0.1, 0.15) is 52.7 Å². The van der Waals surface area contributed by atoms with E-state index in [1.807, 2.05) is 13.0 Å². The van der Waals surface area contributed by atoms with Gasteiger partial charge in [0.05, 0.1) is 16.8 Å². The maximum atomic E-state index is 12.2. The smallest absolute Gasteiger partial charge is 0.305 e. The molecule has 0 aliphatic heterocycles. The van der Waals surface area contributed by atoms with Crippen LogP contribution in [0.3, 0.4) is 0 Å². The van der Waals surface area contributed by atoms with Crippen LogP contribution >= 0.6 is 11.3 Å². The molecule has 1 heterocycles. The number of nitrogens with one attached hydrogen (secondary N) is 1. The highest BCUT2D eigenvalue weighted by atomic mass is 32.1. The summed E-state index contributed by atoms with van der Waals surface area (Å²) in [7, 11) is 0. The Hall–Kier alpha value is -1.36. The molecule has 5 heteroatoms. The first kappa shape index (κ1) is 14.1. The van der Waals surface area contributed by atoms with Crippen molar-refractivity contribution >= 4 is 23.2 Å². The fourth-order valence-corrected chi connectivity index (χ4v) is 3.53. The lowest BCUT2D eigenvalue weighted by Gasteiger charge is -2.41. The molecule has 19 heavy (non-hydrogen) atoms. The molecule has 1 aromatic heterocycles. The lowest BCUT2D eigenvalue weighted by molar-refractivity contribution is -0.139. The second kappa shape index (κ2) is 5.33. The summed E-state index contributed by atoms with van der Waals surface area (Å²) < 4.78 is 0. The van der Waals surface area contributed by atoms with Crippen LogP contribution in [0.2, 0.25) is 0 Å². The molecule has 1 fully saturated rings. The zero-order chi connectivity index (χ0) is 14.0. The molecule has 2 N–H and O–H groups in total. The maximum Gasteiger partial charge on any atom is 0.305 e. The summed E-state index contributed by atoms with van der Waals surface area (Å²) in [5.41, 5.74) is 0.617. The van der Waals surface area contributed by atoms with Gasteiger partial charge in [0.25, 0.3) is 5.91 Å². The number of rotatable bonds is 5. The molecule has 0 unspecified atom stereocenters. The van der Waals surface area contributed by atoms with Crippen LogP contribution in [0.25, 0.3) is 0 Å². The van der Waals surface area contributed by atoms with Crippen LogP contribution in [0.15, 0.2) is 6.07 Å². The van der Waals surface area contributed by atoms with E-state index in [1.165, 1.54) is 16.2 Å². The topological polar surface area (TPSA) is 66.4 Å². The predicted molar refractivity (Wildman–Crippen MR) is 74.7 cm³/mol. The second-order valence-corrected chi connectivity index (χ2v) is 6.37. The molecular formula is C14H19NO3S. The van der Waals surface area contributed by atoms with Gasteiger partial charge < -0.3 is 10.4 Å². The number of hydrogen-bond acceptors (Lipinski definition) is 3. The van der Waals surface area contributed by atoms with Gasteiger partial charge in [0.1, 0.15) is 0 Å². The molecule has 4 nitrogen and oxygen atoms in total. The van der Waals surface area contributed by atoms with Crippen molar-refractivity contribution < 1.29 is 14.7 Å². The van der Waals surface area contributed by atoms with E-state index in [4.69, 9.17) is 5.11 Å². The van der Waals surface area contributed by atoms with E-state index in [1.54, 1.807) is 0 Å². The summed E-state index contributed by atoms with van der Waals surface area (Å²) in [6, 6.07) is 1.89. The molecule has 1 saturated carbocycles. The Morgan fingerprint density at radius 2 is 2.16 bits per heavy atom. The fraction of sp³-hybridized carbons (Fsp3) is 0.571. The van der Waals surface area contributed by atoms with Crippen LogP contribution in [-0.2, 0) is 11.2 Å². The van der Waals surface area contributed by atoms with Crippen LogP contribution in [-0.4, -0.2) is 22.5 Å². The molecule has 0 saturated heterocycles. The molecule has 1 aliphatic rings. The molecular weight excluding hydrogens is 262 g/mol. The fourth-order valence-electron chi connectivity index (χ4n) is 2.52. The number of carboxylic acid groups (broad SMARTS) is 1. The third kappa shape index (κ3) is 2.97. The van der Waals surface area contributed by atoms with Crippen LogP contribution in [0, 0.1) is 6.92 Å². The minimum atomic E-state index is -0.850. The summed E-state index contributed by atoms with van der Waals surface area (Å²) in [6.45, 7) is 4.07. The Balaban J connectivity index is 2.09. The monoisotopic (exact) mass is 281 g/mol. The van der Waals surface area contributed by atoms with Crippen LogP contribution in [0.5, 0.6) is 0 Å². The molecule has 0 aromatic carbocycles. The average molecular weight is 281 g/mol. The number of aliphatic carboxylic acids is 1. The Kier molecular flexibility index (Phi) is 3.94. The van der Waals surface area contributed by atoms with Crippen molar-refractivity contribution in [2.45, 2.75) is 51.5 Å². The molecule has 0 radical (unpaired) electrons. The van der Waals surface area contributed by atoms with Gasteiger partial charge in [-0.3, -0.25) is 9.59 Å². The first-order valence-electron chi connectivity index (χ1n) is 6.59. The standard InChI is InChI=1S/C14H19NO3S/c1-3-10-9(2)7-11(19-10)13(18)15-14(5-4-6-14)8-12(16)17/h7H,3-6,8H2,1-2H3,(H,15,18)(H,16,17). The van der Waals surface area contributed by atoms with Crippen LogP contribution < -0.4 is 5.32 Å². The number of thiophene rings is 1. The lowest BCUT2D eigenvalue weighted by atomic mass is 9.74. The highest BCUT2D eigenvalue weighted by molar-refractivity contribution is 7.14. The molecule has 0 bridgehead atoms. The van der Waals surface area contributed by atoms with E-state index >= 15 is 0 Å². The number of aryl methyl sites for hydroxylation is 2. The Morgan fingerprint density at radius 3 is 2.58 bits per heavy atom. The second-order valence-electron chi connectivity index (χ2n) is 5.23. The van der Waals surface area contributed by atoms with Gasteiger partial charge in [0.15, 0.2) is 0 Å². The molecule has 0 spiro atoms. The zero-order valence-corrected chi connectivity index (χ0v) is 12.1. The Labute approximate surface area is 116 Å². The van der Waals surface area contributed by atoms with Crippen molar-refractivity contribution in [3.05, 3.63) is 21.4 Å². The van der Waals surface area contributed by atoms with Crippen LogP contribution in [0.4, 0.5) is 0 Å². The third-order valence-electron chi connectivity index (χ3n) is 3.74. The third-order valence-corrected chi connectivity index (χ3v) is 5.12. The first-order chi connectivity index (χ1) is 8.96. The normalized spacial score (nSPS) is 16.7. The quantitative estimate of drug-likeness (QED) is 0.872. The van der Waals surface area contributed by atoms with E-state index in [0.29, 0.717) is 4.88 Å². The molecule has 1 aromatic rings. The average Bonchev–Trinajstić information content (AvgIpc) is 2.67. The summed E-state index contributed by atoms with van der Waals surface area (Å²) in [5, 5.41) is 11.9. The Morgan fingerprint density at radius 1 is 1.47 bits per heavy atom. The van der Waals surface area contributed by atoms with E-state index < -0.39 is 11.5 Å². The SMILES string of the molecule is CCc1sc(C(=O)NC2(CC(=O)O)CCC2)cc1C. The van der Waals surface area contributed by atoms with Gasteiger partial charge in [0.2, 0.25) is 0 Å². The van der Waals surface area contributed by atoms with Gasteiger partial charge in [0, 0.05) is 4.88 Å². The molecule has 104 valence electrons. The molecule has 1 amide bonds. The number of carbonyl (C=O) groups is 2. The number of amides is 1. The largest absolute Gasteiger partial charge is 0.481 e. The van der Waals surface area contributed by atoms with E-state index in [2.05, 4.69) is 12.2 Å². The molecule has 0 atom stereocenters. The highest BCUT2D eigenvalue weighted by Crippen LogP contribution is 2.35.